The molecule has 3 heteroatoms. The van der Waals surface area contributed by atoms with Crippen LogP contribution < -0.4 is 5.32 Å². The van der Waals surface area contributed by atoms with Gasteiger partial charge in [0, 0.05) is 18.8 Å². The summed E-state index contributed by atoms with van der Waals surface area (Å²) in [5.74, 6) is 0.430. The Morgan fingerprint density at radius 3 is 2.71 bits per heavy atom. The molecule has 2 fully saturated rings. The molecule has 0 amide bonds. The minimum absolute atomic E-state index is 0.0397. The lowest BCUT2D eigenvalue weighted by atomic mass is 9.81. The summed E-state index contributed by atoms with van der Waals surface area (Å²) in [6.45, 7) is 4.84. The molecule has 2 aliphatic rings. The van der Waals surface area contributed by atoms with Crippen LogP contribution in [0.4, 0.5) is 0 Å². The Labute approximate surface area is 85.8 Å². The maximum absolute atomic E-state index is 10.3. The molecule has 0 bridgehead atoms. The molecule has 0 aromatic carbocycles. The van der Waals surface area contributed by atoms with Crippen LogP contribution in [-0.4, -0.2) is 36.5 Å². The fourth-order valence-corrected chi connectivity index (χ4v) is 2.72. The lowest BCUT2D eigenvalue weighted by molar-refractivity contribution is -0.0277. The van der Waals surface area contributed by atoms with Gasteiger partial charge in [-0.3, -0.25) is 0 Å². The first-order valence-electron chi connectivity index (χ1n) is 5.73. The van der Waals surface area contributed by atoms with Crippen molar-refractivity contribution in [3.63, 3.8) is 0 Å². The van der Waals surface area contributed by atoms with E-state index in [9.17, 15) is 5.11 Å². The Balaban J connectivity index is 1.95. The molecule has 0 spiro atoms. The van der Waals surface area contributed by atoms with Gasteiger partial charge in [-0.25, -0.2) is 0 Å². The van der Waals surface area contributed by atoms with Crippen LogP contribution in [0.3, 0.4) is 0 Å². The second kappa shape index (κ2) is 4.17. The van der Waals surface area contributed by atoms with Crippen molar-refractivity contribution >= 4 is 0 Å². The number of rotatable bonds is 2. The zero-order valence-corrected chi connectivity index (χ0v) is 8.96. The van der Waals surface area contributed by atoms with Gasteiger partial charge in [0.25, 0.3) is 0 Å². The molecule has 0 radical (unpaired) electrons. The van der Waals surface area contributed by atoms with Crippen molar-refractivity contribution in [3.8, 4) is 0 Å². The van der Waals surface area contributed by atoms with Crippen molar-refractivity contribution in [2.75, 3.05) is 19.8 Å². The van der Waals surface area contributed by atoms with Crippen LogP contribution in [0.1, 0.15) is 32.6 Å². The molecular formula is C11H21NO2. The number of ether oxygens (including phenoxy) is 1. The van der Waals surface area contributed by atoms with E-state index >= 15 is 0 Å². The summed E-state index contributed by atoms with van der Waals surface area (Å²) >= 11 is 0. The molecule has 2 N–H and O–H groups in total. The standard InChI is InChI=1S/C11H21NO2/c1-11(5-2-6-12-11)10(13)9-3-7-14-8-4-9/h9-10,12-13H,2-8H2,1H3. The summed E-state index contributed by atoms with van der Waals surface area (Å²) in [4.78, 5) is 0. The number of nitrogens with one attached hydrogen (secondary N) is 1. The molecule has 14 heavy (non-hydrogen) atoms. The predicted molar refractivity (Wildman–Crippen MR) is 55.2 cm³/mol. The molecular weight excluding hydrogens is 178 g/mol. The lowest BCUT2D eigenvalue weighted by Crippen LogP contribution is -2.52. The molecule has 2 atom stereocenters. The molecule has 0 saturated carbocycles. The monoisotopic (exact) mass is 199 g/mol. The highest BCUT2D eigenvalue weighted by molar-refractivity contribution is 4.97. The summed E-state index contributed by atoms with van der Waals surface area (Å²) in [5, 5.41) is 13.8. The van der Waals surface area contributed by atoms with Crippen LogP contribution in [0.5, 0.6) is 0 Å². The Morgan fingerprint density at radius 2 is 2.14 bits per heavy atom. The zero-order valence-electron chi connectivity index (χ0n) is 8.96. The third-order valence-corrected chi connectivity index (χ3v) is 3.77. The first-order valence-corrected chi connectivity index (χ1v) is 5.73. The summed E-state index contributed by atoms with van der Waals surface area (Å²) in [5.41, 5.74) is -0.0397. The van der Waals surface area contributed by atoms with E-state index in [1.165, 1.54) is 6.42 Å². The second-order valence-corrected chi connectivity index (χ2v) is 4.84. The van der Waals surface area contributed by atoms with Crippen LogP contribution >= 0.6 is 0 Å². The first-order chi connectivity index (χ1) is 6.72. The molecule has 0 aliphatic carbocycles. The molecule has 0 aromatic heterocycles. The van der Waals surface area contributed by atoms with E-state index < -0.39 is 0 Å². The van der Waals surface area contributed by atoms with Crippen molar-refractivity contribution in [2.45, 2.75) is 44.2 Å². The van der Waals surface area contributed by atoms with Gasteiger partial charge in [-0.2, -0.15) is 0 Å². The third-order valence-electron chi connectivity index (χ3n) is 3.77. The fourth-order valence-electron chi connectivity index (χ4n) is 2.72. The molecule has 2 rings (SSSR count). The Hall–Kier alpha value is -0.120. The summed E-state index contributed by atoms with van der Waals surface area (Å²) in [6.07, 6.45) is 4.12. The first kappa shape index (κ1) is 10.4. The fraction of sp³-hybridized carbons (Fsp3) is 1.00. The molecule has 2 heterocycles. The molecule has 2 saturated heterocycles. The van der Waals surface area contributed by atoms with E-state index in [-0.39, 0.29) is 11.6 Å². The normalized spacial score (nSPS) is 37.3. The van der Waals surface area contributed by atoms with E-state index in [1.54, 1.807) is 0 Å². The van der Waals surface area contributed by atoms with Gasteiger partial charge in [0.2, 0.25) is 0 Å². The van der Waals surface area contributed by atoms with Gasteiger partial charge >= 0.3 is 0 Å². The van der Waals surface area contributed by atoms with Gasteiger partial charge in [-0.15, -0.1) is 0 Å². The van der Waals surface area contributed by atoms with Gasteiger partial charge < -0.3 is 15.2 Å². The van der Waals surface area contributed by atoms with Crippen LogP contribution in [-0.2, 0) is 4.74 Å². The SMILES string of the molecule is CC1(C(O)C2CCOCC2)CCCN1. The second-order valence-electron chi connectivity index (χ2n) is 4.84. The maximum atomic E-state index is 10.3. The lowest BCUT2D eigenvalue weighted by Gasteiger charge is -2.37. The summed E-state index contributed by atoms with van der Waals surface area (Å²) in [7, 11) is 0. The van der Waals surface area contributed by atoms with Crippen molar-refractivity contribution in [1.29, 1.82) is 0 Å². The van der Waals surface area contributed by atoms with Crippen LogP contribution in [0.25, 0.3) is 0 Å². The van der Waals surface area contributed by atoms with Crippen LogP contribution in [0.2, 0.25) is 0 Å². The molecule has 82 valence electrons. The number of hydrogen-bond donors (Lipinski definition) is 2. The average molecular weight is 199 g/mol. The van der Waals surface area contributed by atoms with Gasteiger partial charge in [0.15, 0.2) is 0 Å². The highest BCUT2D eigenvalue weighted by Crippen LogP contribution is 2.31. The van der Waals surface area contributed by atoms with Crippen LogP contribution in [0.15, 0.2) is 0 Å². The van der Waals surface area contributed by atoms with E-state index in [2.05, 4.69) is 12.2 Å². The summed E-state index contributed by atoms with van der Waals surface area (Å²) < 4.78 is 5.31. The van der Waals surface area contributed by atoms with Gasteiger partial charge in [0.05, 0.1) is 6.10 Å². The quantitative estimate of drug-likeness (QED) is 0.695. The highest BCUT2D eigenvalue weighted by Gasteiger charge is 2.40. The van der Waals surface area contributed by atoms with Gasteiger partial charge in [0.1, 0.15) is 0 Å². The number of aliphatic hydroxyl groups excluding tert-OH is 1. The maximum Gasteiger partial charge on any atom is 0.0748 e. The Bertz CT molecular complexity index is 184. The summed E-state index contributed by atoms with van der Waals surface area (Å²) in [6, 6.07) is 0. The van der Waals surface area contributed by atoms with Gasteiger partial charge in [-0.1, -0.05) is 0 Å². The van der Waals surface area contributed by atoms with Crippen LogP contribution in [0, 0.1) is 5.92 Å². The smallest absolute Gasteiger partial charge is 0.0748 e. The molecule has 2 aliphatic heterocycles. The highest BCUT2D eigenvalue weighted by atomic mass is 16.5. The van der Waals surface area contributed by atoms with Crippen molar-refractivity contribution in [2.24, 2.45) is 5.92 Å². The van der Waals surface area contributed by atoms with E-state index in [4.69, 9.17) is 4.74 Å². The van der Waals surface area contributed by atoms with E-state index in [1.807, 2.05) is 0 Å². The van der Waals surface area contributed by atoms with Crippen molar-refractivity contribution < 1.29 is 9.84 Å². The number of aliphatic hydroxyl groups is 1. The Kier molecular flexibility index (Phi) is 3.10. The van der Waals surface area contributed by atoms with Gasteiger partial charge in [-0.05, 0) is 45.1 Å². The number of hydrogen-bond acceptors (Lipinski definition) is 3. The Morgan fingerprint density at radius 1 is 1.43 bits per heavy atom. The predicted octanol–water partition coefficient (Wildman–Crippen LogP) is 0.916. The largest absolute Gasteiger partial charge is 0.391 e. The zero-order chi connectivity index (χ0) is 10.0. The van der Waals surface area contributed by atoms with E-state index in [0.717, 1.165) is 39.0 Å². The minimum Gasteiger partial charge on any atom is -0.391 e. The van der Waals surface area contributed by atoms with Crippen molar-refractivity contribution in [1.82, 2.24) is 5.32 Å². The molecule has 2 unspecified atom stereocenters. The third kappa shape index (κ3) is 1.95. The average Bonchev–Trinajstić information content (AvgIpc) is 2.67. The molecule has 3 nitrogen and oxygen atoms in total. The topological polar surface area (TPSA) is 41.5 Å². The van der Waals surface area contributed by atoms with Crippen molar-refractivity contribution in [3.05, 3.63) is 0 Å². The molecule has 0 aromatic rings. The minimum atomic E-state index is -0.200. The van der Waals surface area contributed by atoms with E-state index in [0.29, 0.717) is 5.92 Å².